The number of rotatable bonds is 3. The van der Waals surface area contributed by atoms with Gasteiger partial charge in [0.25, 0.3) is 0 Å². The van der Waals surface area contributed by atoms with Gasteiger partial charge in [0.05, 0.1) is 5.69 Å². The van der Waals surface area contributed by atoms with E-state index in [-0.39, 0.29) is 0 Å². The van der Waals surface area contributed by atoms with Crippen molar-refractivity contribution < 1.29 is 0 Å². The molecule has 1 heterocycles. The molecule has 0 saturated carbocycles. The average Bonchev–Trinajstić information content (AvgIpc) is 2.28. The van der Waals surface area contributed by atoms with Crippen LogP contribution in [0.3, 0.4) is 0 Å². The zero-order chi connectivity index (χ0) is 12.3. The van der Waals surface area contributed by atoms with Crippen molar-refractivity contribution in [3.8, 4) is 11.3 Å². The van der Waals surface area contributed by atoms with Gasteiger partial charge in [-0.1, -0.05) is 23.8 Å². The molecule has 3 nitrogen and oxygen atoms in total. The first-order valence-corrected chi connectivity index (χ1v) is 5.80. The van der Waals surface area contributed by atoms with Crippen LogP contribution in [-0.2, 0) is 6.42 Å². The Hall–Kier alpha value is -1.74. The van der Waals surface area contributed by atoms with E-state index >= 15 is 0 Å². The summed E-state index contributed by atoms with van der Waals surface area (Å²) in [4.78, 5) is 8.92. The Morgan fingerprint density at radius 3 is 2.65 bits per heavy atom. The molecule has 1 aromatic carbocycles. The molecule has 0 unspecified atom stereocenters. The van der Waals surface area contributed by atoms with E-state index in [1.165, 1.54) is 5.56 Å². The normalized spacial score (nSPS) is 10.5. The van der Waals surface area contributed by atoms with Crippen molar-refractivity contribution in [1.82, 2.24) is 9.97 Å². The highest BCUT2D eigenvalue weighted by Crippen LogP contribution is 2.19. The third kappa shape index (κ3) is 2.88. The van der Waals surface area contributed by atoms with Gasteiger partial charge in [-0.05, 0) is 32.5 Å². The highest BCUT2D eigenvalue weighted by atomic mass is 14.9. The van der Waals surface area contributed by atoms with Crippen LogP contribution in [0.5, 0.6) is 0 Å². The molecule has 0 amide bonds. The lowest BCUT2D eigenvalue weighted by molar-refractivity contribution is 0.858. The van der Waals surface area contributed by atoms with E-state index in [0.717, 1.165) is 29.2 Å². The van der Waals surface area contributed by atoms with Crippen molar-refractivity contribution in [1.29, 1.82) is 0 Å². The highest BCUT2D eigenvalue weighted by molar-refractivity contribution is 5.60. The third-order valence-electron chi connectivity index (χ3n) is 2.58. The number of benzene rings is 1. The Bertz CT molecular complexity index is 521. The van der Waals surface area contributed by atoms with E-state index in [1.54, 1.807) is 0 Å². The Kier molecular flexibility index (Phi) is 3.49. The van der Waals surface area contributed by atoms with Crippen LogP contribution in [0.1, 0.15) is 17.1 Å². The zero-order valence-electron chi connectivity index (χ0n) is 10.3. The van der Waals surface area contributed by atoms with E-state index in [1.807, 2.05) is 19.1 Å². The smallest absolute Gasteiger partial charge is 0.130 e. The molecule has 0 aliphatic heterocycles. The minimum absolute atomic E-state index is 0.580. The van der Waals surface area contributed by atoms with Gasteiger partial charge in [-0.3, -0.25) is 0 Å². The largest absolute Gasteiger partial charge is 0.330 e. The molecule has 2 aromatic rings. The van der Waals surface area contributed by atoms with Crippen LogP contribution in [0, 0.1) is 13.8 Å². The summed E-state index contributed by atoms with van der Waals surface area (Å²) in [5, 5.41) is 0. The first-order valence-electron chi connectivity index (χ1n) is 5.80. The summed E-state index contributed by atoms with van der Waals surface area (Å²) < 4.78 is 0. The molecule has 0 spiro atoms. The fraction of sp³-hybridized carbons (Fsp3) is 0.286. The van der Waals surface area contributed by atoms with E-state index < -0.39 is 0 Å². The second-order valence-corrected chi connectivity index (χ2v) is 4.22. The quantitative estimate of drug-likeness (QED) is 0.875. The van der Waals surface area contributed by atoms with E-state index in [4.69, 9.17) is 5.73 Å². The standard InChI is InChI=1S/C14H17N3/c1-10-4-3-5-12(8-10)13-9-11(2)16-14(17-13)6-7-15/h3-5,8-9H,6-7,15H2,1-2H3. The first kappa shape index (κ1) is 11.7. The summed E-state index contributed by atoms with van der Waals surface area (Å²) >= 11 is 0. The maximum Gasteiger partial charge on any atom is 0.130 e. The van der Waals surface area contributed by atoms with Crippen LogP contribution in [-0.4, -0.2) is 16.5 Å². The number of nitrogens with two attached hydrogens (primary N) is 1. The van der Waals surface area contributed by atoms with Gasteiger partial charge in [0, 0.05) is 17.7 Å². The van der Waals surface area contributed by atoms with E-state index in [0.29, 0.717) is 6.54 Å². The van der Waals surface area contributed by atoms with Crippen molar-refractivity contribution >= 4 is 0 Å². The predicted octanol–water partition coefficient (Wildman–Crippen LogP) is 2.26. The predicted molar refractivity (Wildman–Crippen MR) is 69.7 cm³/mol. The van der Waals surface area contributed by atoms with Gasteiger partial charge in [0.15, 0.2) is 0 Å². The molecule has 0 bridgehead atoms. The summed E-state index contributed by atoms with van der Waals surface area (Å²) in [6, 6.07) is 10.3. The van der Waals surface area contributed by atoms with Crippen molar-refractivity contribution in [3.63, 3.8) is 0 Å². The summed E-state index contributed by atoms with van der Waals surface area (Å²) in [5.41, 5.74) is 9.87. The van der Waals surface area contributed by atoms with Crippen LogP contribution in [0.15, 0.2) is 30.3 Å². The van der Waals surface area contributed by atoms with Crippen molar-refractivity contribution in [3.05, 3.63) is 47.4 Å². The lowest BCUT2D eigenvalue weighted by atomic mass is 10.1. The molecule has 0 fully saturated rings. The molecule has 0 saturated heterocycles. The molecule has 2 rings (SSSR count). The van der Waals surface area contributed by atoms with Crippen LogP contribution < -0.4 is 5.73 Å². The van der Waals surface area contributed by atoms with Gasteiger partial charge in [-0.2, -0.15) is 0 Å². The topological polar surface area (TPSA) is 51.8 Å². The lowest BCUT2D eigenvalue weighted by Gasteiger charge is -2.06. The molecule has 17 heavy (non-hydrogen) atoms. The SMILES string of the molecule is Cc1cccc(-c2cc(C)nc(CCN)n2)c1. The fourth-order valence-corrected chi connectivity index (χ4v) is 1.82. The fourth-order valence-electron chi connectivity index (χ4n) is 1.82. The van der Waals surface area contributed by atoms with E-state index in [9.17, 15) is 0 Å². The molecule has 88 valence electrons. The summed E-state index contributed by atoms with van der Waals surface area (Å²) in [6.45, 7) is 4.65. The lowest BCUT2D eigenvalue weighted by Crippen LogP contribution is -2.07. The van der Waals surface area contributed by atoms with Gasteiger partial charge in [0.1, 0.15) is 5.82 Å². The van der Waals surface area contributed by atoms with Crippen molar-refractivity contribution in [2.45, 2.75) is 20.3 Å². The minimum Gasteiger partial charge on any atom is -0.330 e. The molecular weight excluding hydrogens is 210 g/mol. The molecule has 0 aliphatic rings. The van der Waals surface area contributed by atoms with Crippen molar-refractivity contribution in [2.24, 2.45) is 5.73 Å². The van der Waals surface area contributed by atoms with Crippen LogP contribution in [0.25, 0.3) is 11.3 Å². The van der Waals surface area contributed by atoms with Gasteiger partial charge in [0.2, 0.25) is 0 Å². The maximum absolute atomic E-state index is 5.54. The summed E-state index contributed by atoms with van der Waals surface area (Å²) in [7, 11) is 0. The Morgan fingerprint density at radius 1 is 1.12 bits per heavy atom. The molecule has 0 aliphatic carbocycles. The second kappa shape index (κ2) is 5.06. The summed E-state index contributed by atoms with van der Waals surface area (Å²) in [6.07, 6.45) is 0.723. The average molecular weight is 227 g/mol. The number of hydrogen-bond donors (Lipinski definition) is 1. The van der Waals surface area contributed by atoms with Gasteiger partial charge in [-0.15, -0.1) is 0 Å². The molecule has 2 N–H and O–H groups in total. The first-order chi connectivity index (χ1) is 8.19. The number of nitrogens with zero attached hydrogens (tertiary/aromatic N) is 2. The molecule has 0 atom stereocenters. The molecule has 0 radical (unpaired) electrons. The van der Waals surface area contributed by atoms with Crippen LogP contribution in [0.2, 0.25) is 0 Å². The van der Waals surface area contributed by atoms with E-state index in [2.05, 4.69) is 35.1 Å². The maximum atomic E-state index is 5.54. The number of aryl methyl sites for hydroxylation is 2. The monoisotopic (exact) mass is 227 g/mol. The highest BCUT2D eigenvalue weighted by Gasteiger charge is 2.04. The Morgan fingerprint density at radius 2 is 1.94 bits per heavy atom. The zero-order valence-corrected chi connectivity index (χ0v) is 10.3. The Labute approximate surface area is 102 Å². The van der Waals surface area contributed by atoms with Crippen molar-refractivity contribution in [2.75, 3.05) is 6.54 Å². The van der Waals surface area contributed by atoms with Gasteiger partial charge < -0.3 is 5.73 Å². The number of aromatic nitrogens is 2. The Balaban J connectivity index is 2.44. The van der Waals surface area contributed by atoms with Gasteiger partial charge >= 0.3 is 0 Å². The second-order valence-electron chi connectivity index (χ2n) is 4.22. The van der Waals surface area contributed by atoms with Crippen LogP contribution >= 0.6 is 0 Å². The summed E-state index contributed by atoms with van der Waals surface area (Å²) in [5.74, 6) is 0.823. The van der Waals surface area contributed by atoms with Crippen LogP contribution in [0.4, 0.5) is 0 Å². The molecule has 1 aromatic heterocycles. The van der Waals surface area contributed by atoms with Gasteiger partial charge in [-0.25, -0.2) is 9.97 Å². The molecule has 3 heteroatoms. The molecular formula is C14H17N3. The number of hydrogen-bond acceptors (Lipinski definition) is 3. The minimum atomic E-state index is 0.580. The third-order valence-corrected chi connectivity index (χ3v) is 2.58.